The topological polar surface area (TPSA) is 84.3 Å². The minimum absolute atomic E-state index is 0.0126. The van der Waals surface area contributed by atoms with Crippen molar-refractivity contribution in [3.05, 3.63) is 74.8 Å². The Hall–Kier alpha value is -2.86. The maximum atomic E-state index is 12.2. The first kappa shape index (κ1) is 20.4. The Balaban J connectivity index is 1.64. The fourth-order valence-electron chi connectivity index (χ4n) is 4.45. The van der Waals surface area contributed by atoms with E-state index in [1.54, 1.807) is 12.1 Å². The summed E-state index contributed by atoms with van der Waals surface area (Å²) in [4.78, 5) is 23.0. The molecule has 1 amide bonds. The molecule has 0 saturated heterocycles. The first-order chi connectivity index (χ1) is 14.3. The van der Waals surface area contributed by atoms with Crippen molar-refractivity contribution < 1.29 is 9.72 Å². The molecule has 1 aliphatic heterocycles. The molecule has 3 atom stereocenters. The number of fused-ring (bicyclic) bond motifs is 3. The van der Waals surface area contributed by atoms with E-state index in [-0.39, 0.29) is 34.5 Å². The first-order valence-corrected chi connectivity index (χ1v) is 10.5. The number of nitro groups is 1. The number of hydrogen-bond donors (Lipinski definition) is 2. The molecule has 2 aromatic carbocycles. The third-order valence-corrected chi connectivity index (χ3v) is 6.09. The predicted octanol–water partition coefficient (Wildman–Crippen LogP) is 6.06. The summed E-state index contributed by atoms with van der Waals surface area (Å²) in [5.74, 6) is 0.733. The van der Waals surface area contributed by atoms with Gasteiger partial charge in [0.1, 0.15) is 5.02 Å². The Kier molecular flexibility index (Phi) is 5.52. The monoisotopic (exact) mass is 425 g/mol. The minimum Gasteiger partial charge on any atom is -0.378 e. The number of benzene rings is 2. The van der Waals surface area contributed by atoms with Crippen LogP contribution in [-0.2, 0) is 4.79 Å². The van der Waals surface area contributed by atoms with Crippen LogP contribution in [0.15, 0.2) is 48.6 Å². The maximum Gasteiger partial charge on any atom is 0.288 e. The van der Waals surface area contributed by atoms with Crippen LogP contribution in [0.4, 0.5) is 17.1 Å². The van der Waals surface area contributed by atoms with Crippen molar-refractivity contribution in [3.63, 3.8) is 0 Å². The highest BCUT2D eigenvalue weighted by Gasteiger charge is 2.38. The van der Waals surface area contributed by atoms with Gasteiger partial charge in [-0.2, -0.15) is 0 Å². The molecule has 2 aliphatic rings. The summed E-state index contributed by atoms with van der Waals surface area (Å²) in [7, 11) is 0. The number of halogens is 1. The molecule has 3 unspecified atom stereocenters. The number of rotatable bonds is 5. The van der Waals surface area contributed by atoms with Crippen LogP contribution in [0.2, 0.25) is 5.02 Å². The summed E-state index contributed by atoms with van der Waals surface area (Å²) in [5, 5.41) is 18.0. The highest BCUT2D eigenvalue weighted by molar-refractivity contribution is 6.32. The maximum absolute atomic E-state index is 12.2. The molecule has 7 heteroatoms. The summed E-state index contributed by atoms with van der Waals surface area (Å²) >= 11 is 6.00. The number of nitrogens with one attached hydrogen (secondary N) is 2. The van der Waals surface area contributed by atoms with Gasteiger partial charge in [0, 0.05) is 29.8 Å². The van der Waals surface area contributed by atoms with Crippen LogP contribution in [0.5, 0.6) is 0 Å². The molecule has 2 N–H and O–H groups in total. The smallest absolute Gasteiger partial charge is 0.288 e. The number of anilines is 2. The molecule has 6 nitrogen and oxygen atoms in total. The van der Waals surface area contributed by atoms with Gasteiger partial charge >= 0.3 is 0 Å². The molecule has 156 valence electrons. The zero-order valence-electron chi connectivity index (χ0n) is 16.9. The SMILES string of the molecule is CC(C)CC(=O)Nc1ccc2c(c1)C1C=CCC1C(c1ccc(Cl)c([N+](=O)[O-])c1)N2. The first-order valence-electron chi connectivity index (χ1n) is 10.1. The van der Waals surface area contributed by atoms with Crippen LogP contribution in [0, 0.1) is 22.0 Å². The normalized spacial score (nSPS) is 21.7. The molecule has 1 heterocycles. The van der Waals surface area contributed by atoms with Gasteiger partial charge in [-0.25, -0.2) is 0 Å². The number of allylic oxidation sites excluding steroid dienone is 2. The quantitative estimate of drug-likeness (QED) is 0.346. The van der Waals surface area contributed by atoms with Crippen LogP contribution in [0.3, 0.4) is 0 Å². The Morgan fingerprint density at radius 2 is 2.10 bits per heavy atom. The molecule has 0 fully saturated rings. The lowest BCUT2D eigenvalue weighted by Crippen LogP contribution is -2.29. The standard InChI is InChI=1S/C23H24ClN3O3/c1-13(2)10-22(28)25-15-7-9-20-18(12-15)16-4-3-5-17(16)23(26-20)14-6-8-19(24)21(11-14)27(29)30/h3-4,6-9,11-13,16-17,23,26H,5,10H2,1-2H3,(H,25,28). The predicted molar refractivity (Wildman–Crippen MR) is 119 cm³/mol. The van der Waals surface area contributed by atoms with E-state index >= 15 is 0 Å². The van der Waals surface area contributed by atoms with Gasteiger partial charge in [0.2, 0.25) is 5.91 Å². The van der Waals surface area contributed by atoms with E-state index in [2.05, 4.69) is 22.8 Å². The number of nitrogens with zero attached hydrogens (tertiary/aromatic N) is 1. The van der Waals surface area contributed by atoms with Crippen molar-refractivity contribution >= 4 is 34.6 Å². The average molecular weight is 426 g/mol. The summed E-state index contributed by atoms with van der Waals surface area (Å²) in [6.45, 7) is 4.04. The third kappa shape index (κ3) is 3.92. The van der Waals surface area contributed by atoms with Gasteiger partial charge in [-0.1, -0.05) is 43.7 Å². The van der Waals surface area contributed by atoms with Gasteiger partial charge in [-0.05, 0) is 53.6 Å². The zero-order chi connectivity index (χ0) is 21.4. The van der Waals surface area contributed by atoms with Gasteiger partial charge in [-0.15, -0.1) is 0 Å². The van der Waals surface area contributed by atoms with Gasteiger partial charge in [0.25, 0.3) is 5.69 Å². The van der Waals surface area contributed by atoms with Gasteiger partial charge < -0.3 is 10.6 Å². The van der Waals surface area contributed by atoms with Crippen LogP contribution in [0.25, 0.3) is 0 Å². The number of amides is 1. The van der Waals surface area contributed by atoms with E-state index in [0.717, 1.165) is 28.9 Å². The molecule has 0 saturated carbocycles. The van der Waals surface area contributed by atoms with Crippen molar-refractivity contribution in [2.45, 2.75) is 38.6 Å². The Morgan fingerprint density at radius 1 is 1.30 bits per heavy atom. The molecule has 0 aromatic heterocycles. The molecular formula is C23H24ClN3O3. The fourth-order valence-corrected chi connectivity index (χ4v) is 4.63. The molecule has 0 radical (unpaired) electrons. The number of carbonyl (C=O) groups is 1. The second kappa shape index (κ2) is 8.11. The van der Waals surface area contributed by atoms with Crippen molar-refractivity contribution in [3.8, 4) is 0 Å². The summed E-state index contributed by atoms with van der Waals surface area (Å²) < 4.78 is 0. The van der Waals surface area contributed by atoms with Gasteiger partial charge in [-0.3, -0.25) is 14.9 Å². The highest BCUT2D eigenvalue weighted by atomic mass is 35.5. The number of hydrogen-bond acceptors (Lipinski definition) is 4. The van der Waals surface area contributed by atoms with Crippen LogP contribution in [0.1, 0.15) is 49.8 Å². The largest absolute Gasteiger partial charge is 0.378 e. The average Bonchev–Trinajstić information content (AvgIpc) is 3.17. The Morgan fingerprint density at radius 3 is 2.83 bits per heavy atom. The molecule has 30 heavy (non-hydrogen) atoms. The van der Waals surface area contributed by atoms with E-state index in [9.17, 15) is 14.9 Å². The van der Waals surface area contributed by atoms with E-state index in [1.807, 2.05) is 38.1 Å². The molecule has 1 aliphatic carbocycles. The highest BCUT2D eigenvalue weighted by Crippen LogP contribution is 2.50. The van der Waals surface area contributed by atoms with E-state index in [1.165, 1.54) is 0 Å². The molecule has 4 rings (SSSR count). The number of nitro benzene ring substituents is 1. The van der Waals surface area contributed by atoms with Crippen molar-refractivity contribution in [1.29, 1.82) is 0 Å². The van der Waals surface area contributed by atoms with Crippen LogP contribution >= 0.6 is 11.6 Å². The molecule has 0 spiro atoms. The zero-order valence-corrected chi connectivity index (χ0v) is 17.6. The second-order valence-electron chi connectivity index (χ2n) is 8.39. The summed E-state index contributed by atoms with van der Waals surface area (Å²) in [6, 6.07) is 10.9. The Bertz CT molecular complexity index is 1030. The summed E-state index contributed by atoms with van der Waals surface area (Å²) in [6.07, 6.45) is 5.72. The van der Waals surface area contributed by atoms with E-state index in [4.69, 9.17) is 11.6 Å². The second-order valence-corrected chi connectivity index (χ2v) is 8.80. The molecule has 2 aromatic rings. The van der Waals surface area contributed by atoms with Crippen molar-refractivity contribution in [2.75, 3.05) is 10.6 Å². The molecule has 0 bridgehead atoms. The van der Waals surface area contributed by atoms with E-state index < -0.39 is 4.92 Å². The lowest BCUT2D eigenvalue weighted by molar-refractivity contribution is -0.384. The van der Waals surface area contributed by atoms with Crippen molar-refractivity contribution in [2.24, 2.45) is 11.8 Å². The fraction of sp³-hybridized carbons (Fsp3) is 0.348. The minimum atomic E-state index is -0.445. The summed E-state index contributed by atoms with van der Waals surface area (Å²) in [5.41, 5.74) is 3.68. The molecular weight excluding hydrogens is 402 g/mol. The number of carbonyl (C=O) groups excluding carboxylic acids is 1. The van der Waals surface area contributed by atoms with Gasteiger partial charge in [0.15, 0.2) is 0 Å². The van der Waals surface area contributed by atoms with Crippen LogP contribution < -0.4 is 10.6 Å². The van der Waals surface area contributed by atoms with Crippen molar-refractivity contribution in [1.82, 2.24) is 0 Å². The van der Waals surface area contributed by atoms with Gasteiger partial charge in [0.05, 0.1) is 11.0 Å². The lowest BCUT2D eigenvalue weighted by Gasteiger charge is -2.37. The van der Waals surface area contributed by atoms with E-state index in [0.29, 0.717) is 12.3 Å². The third-order valence-electron chi connectivity index (χ3n) is 5.77. The van der Waals surface area contributed by atoms with Crippen LogP contribution in [-0.4, -0.2) is 10.8 Å². The lowest BCUT2D eigenvalue weighted by atomic mass is 9.77. The Labute approximate surface area is 180 Å².